The van der Waals surface area contributed by atoms with Crippen LogP contribution in [0.15, 0.2) is 35.5 Å². The summed E-state index contributed by atoms with van der Waals surface area (Å²) in [5, 5.41) is 9.82. The molecule has 0 aliphatic heterocycles. The molecule has 1 heterocycles. The van der Waals surface area contributed by atoms with Crippen LogP contribution in [0.5, 0.6) is 0 Å². The molecule has 1 N–H and O–H groups in total. The van der Waals surface area contributed by atoms with E-state index >= 15 is 0 Å². The number of imidazole rings is 1. The maximum absolute atomic E-state index is 10.9. The van der Waals surface area contributed by atoms with E-state index in [9.17, 15) is 4.79 Å². The van der Waals surface area contributed by atoms with Crippen molar-refractivity contribution in [3.63, 3.8) is 0 Å². The van der Waals surface area contributed by atoms with Crippen molar-refractivity contribution < 1.29 is 9.90 Å². The molecule has 0 unspecified atom stereocenters. The van der Waals surface area contributed by atoms with Crippen molar-refractivity contribution in [2.45, 2.75) is 12.1 Å². The van der Waals surface area contributed by atoms with Crippen molar-refractivity contribution in [2.75, 3.05) is 5.75 Å². The summed E-state index contributed by atoms with van der Waals surface area (Å²) >= 11 is 1.60. The number of aromatic carboxylic acids is 1. The number of carbonyl (C=O) groups is 1. The fourth-order valence-electron chi connectivity index (χ4n) is 1.63. The molecule has 1 aromatic heterocycles. The fraction of sp³-hybridized carbons (Fsp3) is 0.231. The minimum Gasteiger partial charge on any atom is -0.478 e. The van der Waals surface area contributed by atoms with Crippen LogP contribution in [0.1, 0.15) is 17.3 Å². The Kier molecular flexibility index (Phi) is 3.43. The van der Waals surface area contributed by atoms with Crippen LogP contribution in [0.25, 0.3) is 11.0 Å². The minimum absolute atomic E-state index is 0.261. The van der Waals surface area contributed by atoms with Gasteiger partial charge in [0.05, 0.1) is 16.6 Å². The average molecular weight is 262 g/mol. The van der Waals surface area contributed by atoms with Gasteiger partial charge in [-0.05, 0) is 25.1 Å². The number of nitrogens with zero attached hydrogens (tertiary/aromatic N) is 2. The number of rotatable bonds is 4. The molecule has 1 aromatic carbocycles. The van der Waals surface area contributed by atoms with Gasteiger partial charge in [0.2, 0.25) is 0 Å². The molecule has 0 saturated carbocycles. The van der Waals surface area contributed by atoms with Gasteiger partial charge in [-0.2, -0.15) is 0 Å². The van der Waals surface area contributed by atoms with Gasteiger partial charge < -0.3 is 9.67 Å². The highest BCUT2D eigenvalue weighted by atomic mass is 32.2. The second-order valence-electron chi connectivity index (χ2n) is 4.21. The molecule has 2 rings (SSSR count). The zero-order chi connectivity index (χ0) is 13.3. The van der Waals surface area contributed by atoms with Crippen LogP contribution in [-0.4, -0.2) is 26.4 Å². The van der Waals surface area contributed by atoms with Crippen molar-refractivity contribution in [1.29, 1.82) is 0 Å². The normalized spacial score (nSPS) is 10.8. The maximum atomic E-state index is 10.9. The number of hydrogen-bond donors (Lipinski definition) is 1. The Labute approximate surface area is 109 Å². The van der Waals surface area contributed by atoms with Crippen molar-refractivity contribution >= 4 is 28.8 Å². The first-order valence-corrected chi connectivity index (χ1v) is 6.44. The number of fused-ring (bicyclic) bond motifs is 1. The van der Waals surface area contributed by atoms with Gasteiger partial charge >= 0.3 is 5.97 Å². The van der Waals surface area contributed by atoms with E-state index in [1.165, 1.54) is 0 Å². The van der Waals surface area contributed by atoms with E-state index < -0.39 is 5.97 Å². The minimum atomic E-state index is -0.932. The van der Waals surface area contributed by atoms with Crippen molar-refractivity contribution in [1.82, 2.24) is 9.55 Å². The predicted molar refractivity (Wildman–Crippen MR) is 73.2 cm³/mol. The molecule has 94 valence electrons. The quantitative estimate of drug-likeness (QED) is 0.680. The van der Waals surface area contributed by atoms with E-state index in [1.807, 2.05) is 18.5 Å². The zero-order valence-electron chi connectivity index (χ0n) is 10.3. The van der Waals surface area contributed by atoms with Gasteiger partial charge in [0.15, 0.2) is 5.16 Å². The monoisotopic (exact) mass is 262 g/mol. The number of benzene rings is 1. The molecule has 18 heavy (non-hydrogen) atoms. The Morgan fingerprint density at radius 2 is 2.28 bits per heavy atom. The number of carboxylic acids is 1. The number of hydrogen-bond acceptors (Lipinski definition) is 3. The van der Waals surface area contributed by atoms with Gasteiger partial charge in [-0.3, -0.25) is 0 Å². The molecule has 0 aliphatic rings. The summed E-state index contributed by atoms with van der Waals surface area (Å²) in [7, 11) is 1.93. The summed E-state index contributed by atoms with van der Waals surface area (Å²) in [6, 6.07) is 4.98. The SMILES string of the molecule is C=C(C)CSc1nc2cc(C(=O)O)ccc2n1C. The Bertz CT molecular complexity index is 631. The fourth-order valence-corrected chi connectivity index (χ4v) is 2.46. The topological polar surface area (TPSA) is 55.1 Å². The van der Waals surface area contributed by atoms with Crippen LogP contribution in [0.4, 0.5) is 0 Å². The Balaban J connectivity index is 2.42. The summed E-state index contributed by atoms with van der Waals surface area (Å²) in [5.41, 5.74) is 2.99. The first-order valence-electron chi connectivity index (χ1n) is 5.46. The summed E-state index contributed by atoms with van der Waals surface area (Å²) in [6.45, 7) is 5.83. The van der Waals surface area contributed by atoms with Gasteiger partial charge in [0.1, 0.15) is 0 Å². The van der Waals surface area contributed by atoms with Crippen LogP contribution in [0.3, 0.4) is 0 Å². The van der Waals surface area contributed by atoms with E-state index in [0.29, 0.717) is 5.52 Å². The standard InChI is InChI=1S/C13H14N2O2S/c1-8(2)7-18-13-14-10-6-9(12(16)17)4-5-11(10)15(13)3/h4-6H,1,7H2,2-3H3,(H,16,17). The van der Waals surface area contributed by atoms with Crippen molar-refractivity contribution in [3.8, 4) is 0 Å². The third kappa shape index (κ3) is 2.41. The van der Waals surface area contributed by atoms with E-state index in [1.54, 1.807) is 30.0 Å². The van der Waals surface area contributed by atoms with Gasteiger partial charge in [-0.25, -0.2) is 9.78 Å². The number of carboxylic acid groups (broad SMARTS) is 1. The lowest BCUT2D eigenvalue weighted by Crippen LogP contribution is -1.95. The van der Waals surface area contributed by atoms with Crippen LogP contribution in [0.2, 0.25) is 0 Å². The molecule has 0 radical (unpaired) electrons. The lowest BCUT2D eigenvalue weighted by molar-refractivity contribution is 0.0697. The molecular formula is C13H14N2O2S. The van der Waals surface area contributed by atoms with Gasteiger partial charge in [-0.15, -0.1) is 0 Å². The summed E-state index contributed by atoms with van der Waals surface area (Å²) in [6.07, 6.45) is 0. The second kappa shape index (κ2) is 4.86. The van der Waals surface area contributed by atoms with Crippen LogP contribution < -0.4 is 0 Å². The van der Waals surface area contributed by atoms with Crippen LogP contribution in [-0.2, 0) is 7.05 Å². The maximum Gasteiger partial charge on any atom is 0.335 e. The zero-order valence-corrected chi connectivity index (χ0v) is 11.1. The molecule has 0 atom stereocenters. The van der Waals surface area contributed by atoms with Gasteiger partial charge in [-0.1, -0.05) is 23.9 Å². The highest BCUT2D eigenvalue weighted by molar-refractivity contribution is 7.99. The molecule has 0 spiro atoms. The Morgan fingerprint density at radius 1 is 1.56 bits per heavy atom. The number of aromatic nitrogens is 2. The third-order valence-electron chi connectivity index (χ3n) is 2.53. The summed E-state index contributed by atoms with van der Waals surface area (Å²) in [5.74, 6) is -0.123. The highest BCUT2D eigenvalue weighted by Gasteiger charge is 2.11. The molecule has 0 saturated heterocycles. The molecule has 2 aromatic rings. The molecular weight excluding hydrogens is 248 g/mol. The molecule has 0 bridgehead atoms. The lowest BCUT2D eigenvalue weighted by Gasteiger charge is -2.01. The molecule has 5 heteroatoms. The average Bonchev–Trinajstić information content (AvgIpc) is 2.63. The smallest absolute Gasteiger partial charge is 0.335 e. The first kappa shape index (κ1) is 12.7. The van der Waals surface area contributed by atoms with Crippen LogP contribution in [0, 0.1) is 0 Å². The van der Waals surface area contributed by atoms with E-state index in [4.69, 9.17) is 5.11 Å². The molecule has 0 amide bonds. The highest BCUT2D eigenvalue weighted by Crippen LogP contribution is 2.24. The third-order valence-corrected chi connectivity index (χ3v) is 3.79. The Hall–Kier alpha value is -1.75. The number of thioether (sulfide) groups is 1. The van der Waals surface area contributed by atoms with E-state index in [-0.39, 0.29) is 5.56 Å². The first-order chi connectivity index (χ1) is 8.49. The number of aryl methyl sites for hydroxylation is 1. The predicted octanol–water partition coefficient (Wildman–Crippen LogP) is 2.94. The largest absolute Gasteiger partial charge is 0.478 e. The Morgan fingerprint density at radius 3 is 2.89 bits per heavy atom. The van der Waals surface area contributed by atoms with Crippen molar-refractivity contribution in [3.05, 3.63) is 35.9 Å². The van der Waals surface area contributed by atoms with Crippen LogP contribution >= 0.6 is 11.8 Å². The molecule has 0 fully saturated rings. The van der Waals surface area contributed by atoms with Gasteiger partial charge in [0, 0.05) is 12.8 Å². The lowest BCUT2D eigenvalue weighted by atomic mass is 10.2. The summed E-state index contributed by atoms with van der Waals surface area (Å²) in [4.78, 5) is 15.3. The molecule has 0 aliphatic carbocycles. The second-order valence-corrected chi connectivity index (χ2v) is 5.15. The summed E-state index contributed by atoms with van der Waals surface area (Å²) < 4.78 is 1.97. The van der Waals surface area contributed by atoms with E-state index in [2.05, 4.69) is 11.6 Å². The van der Waals surface area contributed by atoms with Crippen molar-refractivity contribution in [2.24, 2.45) is 7.05 Å². The van der Waals surface area contributed by atoms with E-state index in [0.717, 1.165) is 22.0 Å². The van der Waals surface area contributed by atoms with Gasteiger partial charge in [0.25, 0.3) is 0 Å². The molecule has 4 nitrogen and oxygen atoms in total.